The predicted molar refractivity (Wildman–Crippen MR) is 94.3 cm³/mol. The molecule has 0 aromatic carbocycles. The molecule has 0 aliphatic heterocycles. The van der Waals surface area contributed by atoms with Crippen molar-refractivity contribution in [3.8, 4) is 0 Å². The Morgan fingerprint density at radius 1 is 0.875 bits per heavy atom. The van der Waals surface area contributed by atoms with Crippen LogP contribution < -0.4 is 0 Å². The number of carbonyl (C=O) groups excluding carboxylic acids is 1. The van der Waals surface area contributed by atoms with Crippen LogP contribution in [0.1, 0.15) is 85.5 Å². The number of esters is 1. The monoisotopic (exact) mass is 330 g/mol. The van der Waals surface area contributed by atoms with Gasteiger partial charge in [0.1, 0.15) is 5.60 Å². The van der Waals surface area contributed by atoms with E-state index < -0.39 is 0 Å². The normalized spacial score (nSPS) is 56.7. The van der Waals surface area contributed by atoms with E-state index in [0.717, 1.165) is 42.9 Å². The maximum atomic E-state index is 13.5. The fourth-order valence-corrected chi connectivity index (χ4v) is 8.37. The van der Waals surface area contributed by atoms with Gasteiger partial charge in [-0.15, -0.1) is 0 Å². The SMILES string of the molecule is CC12CC[C@@H](C1)C(C)(C)[C@@]2(C)OC(=O)C12CC3CC(CC(C3)C1)C2. The minimum absolute atomic E-state index is 0.109. The fraction of sp³-hybridized carbons (Fsp3) is 0.955. The number of ether oxygens (including phenoxy) is 1. The van der Waals surface area contributed by atoms with Gasteiger partial charge in [0.15, 0.2) is 0 Å². The first-order valence-corrected chi connectivity index (χ1v) is 10.4. The lowest BCUT2D eigenvalue weighted by atomic mass is 9.49. The number of carbonyl (C=O) groups is 1. The average Bonchev–Trinajstić information content (AvgIpc) is 2.94. The third-order valence-corrected chi connectivity index (χ3v) is 9.91. The second kappa shape index (κ2) is 4.41. The largest absolute Gasteiger partial charge is 0.458 e. The van der Waals surface area contributed by atoms with Crippen LogP contribution in [-0.4, -0.2) is 11.6 Å². The summed E-state index contributed by atoms with van der Waals surface area (Å²) < 4.78 is 6.60. The van der Waals surface area contributed by atoms with Crippen molar-refractivity contribution in [2.45, 2.75) is 91.1 Å². The summed E-state index contributed by atoms with van der Waals surface area (Å²) in [5.74, 6) is 3.32. The summed E-state index contributed by atoms with van der Waals surface area (Å²) in [5.41, 5.74) is -0.119. The molecule has 6 aliphatic carbocycles. The summed E-state index contributed by atoms with van der Waals surface area (Å²) in [7, 11) is 0. The molecule has 6 saturated carbocycles. The van der Waals surface area contributed by atoms with Crippen LogP contribution in [0, 0.1) is 39.9 Å². The van der Waals surface area contributed by atoms with Gasteiger partial charge in [0, 0.05) is 10.8 Å². The molecule has 3 atom stereocenters. The molecular weight excluding hydrogens is 296 g/mol. The number of rotatable bonds is 2. The lowest BCUT2D eigenvalue weighted by Crippen LogP contribution is -2.58. The Balaban J connectivity index is 1.45. The van der Waals surface area contributed by atoms with Crippen molar-refractivity contribution < 1.29 is 9.53 Å². The molecule has 6 fully saturated rings. The summed E-state index contributed by atoms with van der Waals surface area (Å²) in [6.45, 7) is 9.36. The van der Waals surface area contributed by atoms with Crippen LogP contribution in [0.3, 0.4) is 0 Å². The standard InChI is InChI=1S/C22H34O2/c1-19(2)17-5-6-20(3,13-17)21(19,4)24-18(23)22-10-14-7-15(11-22)9-16(8-14)12-22/h14-17H,5-13H2,1-4H3/t14?,15?,16?,17-,20?,21+,22?/m0/s1. The highest BCUT2D eigenvalue weighted by atomic mass is 16.6. The highest BCUT2D eigenvalue weighted by Crippen LogP contribution is 2.70. The van der Waals surface area contributed by atoms with Gasteiger partial charge in [-0.1, -0.05) is 20.8 Å². The molecule has 0 radical (unpaired) electrons. The molecule has 6 bridgehead atoms. The highest BCUT2D eigenvalue weighted by Gasteiger charge is 2.70. The summed E-state index contributed by atoms with van der Waals surface area (Å²) in [6, 6.07) is 0. The van der Waals surface area contributed by atoms with Crippen molar-refractivity contribution in [1.82, 2.24) is 0 Å². The molecule has 6 rings (SSSR count). The van der Waals surface area contributed by atoms with Crippen LogP contribution in [0.2, 0.25) is 0 Å². The minimum Gasteiger partial charge on any atom is -0.458 e. The molecule has 134 valence electrons. The van der Waals surface area contributed by atoms with Crippen LogP contribution >= 0.6 is 0 Å². The molecule has 0 spiro atoms. The van der Waals surface area contributed by atoms with Crippen molar-refractivity contribution in [3.05, 3.63) is 0 Å². The molecule has 0 aromatic rings. The second-order valence-electron chi connectivity index (χ2n) is 11.3. The fourth-order valence-electron chi connectivity index (χ4n) is 8.37. The first-order valence-electron chi connectivity index (χ1n) is 10.4. The van der Waals surface area contributed by atoms with Gasteiger partial charge in [-0.3, -0.25) is 4.79 Å². The van der Waals surface area contributed by atoms with Crippen molar-refractivity contribution in [2.24, 2.45) is 39.9 Å². The van der Waals surface area contributed by atoms with E-state index in [-0.39, 0.29) is 27.8 Å². The van der Waals surface area contributed by atoms with Crippen molar-refractivity contribution in [3.63, 3.8) is 0 Å². The Kier molecular flexibility index (Phi) is 2.88. The maximum Gasteiger partial charge on any atom is 0.312 e. The quantitative estimate of drug-likeness (QED) is 0.638. The zero-order chi connectivity index (χ0) is 17.0. The Bertz CT molecular complexity index is 549. The minimum atomic E-state index is -0.288. The van der Waals surface area contributed by atoms with E-state index in [1.165, 1.54) is 38.5 Å². The van der Waals surface area contributed by atoms with E-state index in [4.69, 9.17) is 4.74 Å². The molecule has 0 aromatic heterocycles. The van der Waals surface area contributed by atoms with E-state index in [9.17, 15) is 4.79 Å². The van der Waals surface area contributed by atoms with Crippen LogP contribution in [0.25, 0.3) is 0 Å². The molecule has 0 heterocycles. The molecule has 2 heteroatoms. The van der Waals surface area contributed by atoms with Gasteiger partial charge in [0.2, 0.25) is 0 Å². The van der Waals surface area contributed by atoms with Gasteiger partial charge >= 0.3 is 5.97 Å². The predicted octanol–water partition coefficient (Wildman–Crippen LogP) is 5.35. The van der Waals surface area contributed by atoms with Gasteiger partial charge < -0.3 is 4.74 Å². The van der Waals surface area contributed by atoms with Crippen molar-refractivity contribution in [1.29, 1.82) is 0 Å². The highest BCUT2D eigenvalue weighted by molar-refractivity contribution is 5.78. The van der Waals surface area contributed by atoms with E-state index in [0.29, 0.717) is 0 Å². The zero-order valence-corrected chi connectivity index (χ0v) is 16.0. The van der Waals surface area contributed by atoms with Gasteiger partial charge in [-0.25, -0.2) is 0 Å². The molecule has 0 amide bonds. The lowest BCUT2D eigenvalue weighted by molar-refractivity contribution is -0.215. The number of fused-ring (bicyclic) bond motifs is 2. The Hall–Kier alpha value is -0.530. The third kappa shape index (κ3) is 1.71. The first-order chi connectivity index (χ1) is 11.2. The van der Waals surface area contributed by atoms with Crippen molar-refractivity contribution in [2.75, 3.05) is 0 Å². The number of hydrogen-bond acceptors (Lipinski definition) is 2. The topological polar surface area (TPSA) is 26.3 Å². The molecule has 24 heavy (non-hydrogen) atoms. The summed E-state index contributed by atoms with van der Waals surface area (Å²) in [6.07, 6.45) is 11.3. The van der Waals surface area contributed by atoms with E-state index in [1.807, 2.05) is 0 Å². The van der Waals surface area contributed by atoms with Gasteiger partial charge in [0.25, 0.3) is 0 Å². The molecule has 0 N–H and O–H groups in total. The summed E-state index contributed by atoms with van der Waals surface area (Å²) >= 11 is 0. The summed E-state index contributed by atoms with van der Waals surface area (Å²) in [4.78, 5) is 13.5. The average molecular weight is 331 g/mol. The smallest absolute Gasteiger partial charge is 0.312 e. The second-order valence-corrected chi connectivity index (χ2v) is 11.3. The molecular formula is C22H34O2. The third-order valence-electron chi connectivity index (χ3n) is 9.91. The Morgan fingerprint density at radius 2 is 1.42 bits per heavy atom. The number of hydrogen-bond donors (Lipinski definition) is 0. The van der Waals surface area contributed by atoms with E-state index in [1.54, 1.807) is 0 Å². The molecule has 1 unspecified atom stereocenters. The Morgan fingerprint density at radius 3 is 1.88 bits per heavy atom. The van der Waals surface area contributed by atoms with Crippen LogP contribution in [0.5, 0.6) is 0 Å². The molecule has 2 nitrogen and oxygen atoms in total. The van der Waals surface area contributed by atoms with Crippen LogP contribution in [-0.2, 0) is 9.53 Å². The van der Waals surface area contributed by atoms with Gasteiger partial charge in [-0.05, 0) is 88.4 Å². The maximum absolute atomic E-state index is 13.5. The van der Waals surface area contributed by atoms with Gasteiger partial charge in [-0.2, -0.15) is 0 Å². The van der Waals surface area contributed by atoms with Gasteiger partial charge in [0.05, 0.1) is 5.41 Å². The molecule has 6 aliphatic rings. The first kappa shape index (κ1) is 15.7. The lowest BCUT2D eigenvalue weighted by Gasteiger charge is -2.57. The summed E-state index contributed by atoms with van der Waals surface area (Å²) in [5, 5.41) is 0. The zero-order valence-electron chi connectivity index (χ0n) is 16.0. The van der Waals surface area contributed by atoms with Crippen molar-refractivity contribution >= 4 is 5.97 Å². The molecule has 0 saturated heterocycles. The van der Waals surface area contributed by atoms with E-state index in [2.05, 4.69) is 27.7 Å². The Labute approximate surface area is 147 Å². The van der Waals surface area contributed by atoms with E-state index >= 15 is 0 Å². The van der Waals surface area contributed by atoms with Crippen LogP contribution in [0.15, 0.2) is 0 Å². The van der Waals surface area contributed by atoms with Crippen LogP contribution in [0.4, 0.5) is 0 Å².